The molecule has 4 nitrogen and oxygen atoms in total. The zero-order valence-electron chi connectivity index (χ0n) is 9.14. The Morgan fingerprint density at radius 3 is 2.59 bits per heavy atom. The van der Waals surface area contributed by atoms with Crippen molar-refractivity contribution in [3.05, 3.63) is 41.7 Å². The molecule has 0 aliphatic heterocycles. The molecule has 0 saturated heterocycles. The van der Waals surface area contributed by atoms with Gasteiger partial charge >= 0.3 is 0 Å². The van der Waals surface area contributed by atoms with Crippen molar-refractivity contribution in [2.24, 2.45) is 0 Å². The van der Waals surface area contributed by atoms with Crippen molar-refractivity contribution in [2.45, 2.75) is 6.04 Å². The molecule has 0 unspecified atom stereocenters. The first-order valence-corrected chi connectivity index (χ1v) is 5.12. The Hall–Kier alpha value is -1.72. The molecule has 0 bridgehead atoms. The molecule has 0 saturated carbocycles. The molecule has 0 atom stereocenters. The lowest BCUT2D eigenvalue weighted by Crippen LogP contribution is -2.39. The lowest BCUT2D eigenvalue weighted by Gasteiger charge is -2.10. The normalized spacial score (nSPS) is 11.1. The lowest BCUT2D eigenvalue weighted by atomic mass is 10.2. The Morgan fingerprint density at radius 2 is 2.00 bits per heavy atom. The monoisotopic (exact) mass is 239 g/mol. The van der Waals surface area contributed by atoms with Crippen LogP contribution in [0.15, 0.2) is 30.3 Å². The van der Waals surface area contributed by atoms with Gasteiger partial charge in [0.15, 0.2) is 0 Å². The quantitative estimate of drug-likeness (QED) is 0.648. The van der Waals surface area contributed by atoms with Crippen molar-refractivity contribution in [1.29, 1.82) is 0 Å². The summed E-state index contributed by atoms with van der Waals surface area (Å²) in [4.78, 5) is 11.3. The molecule has 3 N–H and O–H groups in total. The molecular weight excluding hydrogens is 225 g/mol. The van der Waals surface area contributed by atoms with E-state index in [4.69, 9.17) is 10.2 Å². The highest BCUT2D eigenvalue weighted by atomic mass is 19.1. The minimum atomic E-state index is -0.701. The van der Waals surface area contributed by atoms with Crippen molar-refractivity contribution in [1.82, 2.24) is 5.32 Å². The van der Waals surface area contributed by atoms with E-state index in [0.29, 0.717) is 5.56 Å². The third-order valence-electron chi connectivity index (χ3n) is 2.11. The maximum Gasteiger partial charge on any atom is 0.244 e. The van der Waals surface area contributed by atoms with Gasteiger partial charge < -0.3 is 15.5 Å². The van der Waals surface area contributed by atoms with E-state index < -0.39 is 17.8 Å². The number of carbonyl (C=O) groups is 1. The number of aliphatic hydroxyl groups is 2. The van der Waals surface area contributed by atoms with E-state index in [1.807, 2.05) is 0 Å². The summed E-state index contributed by atoms with van der Waals surface area (Å²) in [5.41, 5.74) is 0.298. The first-order valence-electron chi connectivity index (χ1n) is 5.12. The largest absolute Gasteiger partial charge is 0.394 e. The van der Waals surface area contributed by atoms with Crippen molar-refractivity contribution in [3.8, 4) is 0 Å². The van der Waals surface area contributed by atoms with Crippen LogP contribution in [0.2, 0.25) is 0 Å². The van der Waals surface area contributed by atoms with E-state index in [1.54, 1.807) is 12.1 Å². The van der Waals surface area contributed by atoms with Crippen molar-refractivity contribution >= 4 is 12.0 Å². The van der Waals surface area contributed by atoms with Gasteiger partial charge in [-0.1, -0.05) is 18.2 Å². The third kappa shape index (κ3) is 4.34. The summed E-state index contributed by atoms with van der Waals surface area (Å²) in [7, 11) is 0. The van der Waals surface area contributed by atoms with Crippen LogP contribution in [0.4, 0.5) is 4.39 Å². The van der Waals surface area contributed by atoms with Crippen molar-refractivity contribution < 1.29 is 19.4 Å². The molecule has 0 radical (unpaired) electrons. The van der Waals surface area contributed by atoms with Gasteiger partial charge in [-0.25, -0.2) is 4.39 Å². The predicted molar refractivity (Wildman–Crippen MR) is 61.5 cm³/mol. The van der Waals surface area contributed by atoms with E-state index in [0.717, 1.165) is 6.08 Å². The fourth-order valence-corrected chi connectivity index (χ4v) is 1.17. The van der Waals surface area contributed by atoms with E-state index in [2.05, 4.69) is 5.32 Å². The summed E-state index contributed by atoms with van der Waals surface area (Å²) in [6.45, 7) is -0.703. The molecule has 1 amide bonds. The smallest absolute Gasteiger partial charge is 0.244 e. The molecule has 5 heteroatoms. The van der Waals surface area contributed by atoms with Crippen LogP contribution in [-0.4, -0.2) is 35.4 Å². The molecule has 17 heavy (non-hydrogen) atoms. The Labute approximate surface area is 98.4 Å². The summed E-state index contributed by atoms with van der Waals surface area (Å²) >= 11 is 0. The van der Waals surface area contributed by atoms with E-state index in [-0.39, 0.29) is 13.2 Å². The summed E-state index contributed by atoms with van der Waals surface area (Å²) in [6.07, 6.45) is 2.48. The van der Waals surface area contributed by atoms with Gasteiger partial charge in [0, 0.05) is 11.6 Å². The summed E-state index contributed by atoms with van der Waals surface area (Å²) < 4.78 is 13.2. The van der Waals surface area contributed by atoms with E-state index in [9.17, 15) is 9.18 Å². The zero-order chi connectivity index (χ0) is 12.7. The lowest BCUT2D eigenvalue weighted by molar-refractivity contribution is -0.117. The maximum absolute atomic E-state index is 13.2. The minimum Gasteiger partial charge on any atom is -0.394 e. The van der Waals surface area contributed by atoms with Crippen LogP contribution < -0.4 is 5.32 Å². The van der Waals surface area contributed by atoms with Crippen molar-refractivity contribution in [2.75, 3.05) is 13.2 Å². The number of rotatable bonds is 5. The van der Waals surface area contributed by atoms with Gasteiger partial charge in [0.05, 0.1) is 19.3 Å². The highest BCUT2D eigenvalue weighted by molar-refractivity contribution is 5.91. The molecule has 0 aliphatic carbocycles. The van der Waals surface area contributed by atoms with Gasteiger partial charge in [0.1, 0.15) is 5.82 Å². The minimum absolute atomic E-state index is 0.298. The van der Waals surface area contributed by atoms with Gasteiger partial charge in [0.2, 0.25) is 5.91 Å². The number of nitrogens with one attached hydrogen (secondary N) is 1. The Balaban J connectivity index is 2.60. The standard InChI is InChI=1S/C12H14FNO3/c13-11-4-2-1-3-9(11)5-6-12(17)14-10(7-15)8-16/h1-6,10,15-16H,7-8H2,(H,14,17). The number of benzene rings is 1. The molecule has 1 rings (SSSR count). The summed E-state index contributed by atoms with van der Waals surface area (Å²) in [6, 6.07) is 5.34. The Kier molecular flexibility index (Phi) is 5.32. The second-order valence-electron chi connectivity index (χ2n) is 3.43. The van der Waals surface area contributed by atoms with Gasteiger partial charge in [-0.05, 0) is 12.1 Å². The van der Waals surface area contributed by atoms with Crippen LogP contribution in [0, 0.1) is 5.82 Å². The Morgan fingerprint density at radius 1 is 1.35 bits per heavy atom. The molecule has 0 aromatic heterocycles. The zero-order valence-corrected chi connectivity index (χ0v) is 9.14. The SMILES string of the molecule is O=C(C=Cc1ccccc1F)NC(CO)CO. The molecule has 92 valence electrons. The second-order valence-corrected chi connectivity index (χ2v) is 3.43. The molecule has 0 heterocycles. The fraction of sp³-hybridized carbons (Fsp3) is 0.250. The highest BCUT2D eigenvalue weighted by Gasteiger charge is 2.07. The number of hydrogen-bond donors (Lipinski definition) is 3. The first-order chi connectivity index (χ1) is 8.17. The number of aliphatic hydroxyl groups excluding tert-OH is 2. The number of halogens is 1. The second kappa shape index (κ2) is 6.78. The van der Waals surface area contributed by atoms with Crippen LogP contribution in [-0.2, 0) is 4.79 Å². The summed E-state index contributed by atoms with van der Waals surface area (Å²) in [5, 5.41) is 19.8. The van der Waals surface area contributed by atoms with Gasteiger partial charge in [-0.15, -0.1) is 0 Å². The molecule has 0 fully saturated rings. The highest BCUT2D eigenvalue weighted by Crippen LogP contribution is 2.07. The van der Waals surface area contributed by atoms with E-state index >= 15 is 0 Å². The first kappa shape index (κ1) is 13.3. The maximum atomic E-state index is 13.2. The number of amides is 1. The molecule has 1 aromatic carbocycles. The number of hydrogen-bond acceptors (Lipinski definition) is 3. The predicted octanol–water partition coefficient (Wildman–Crippen LogP) is 0.308. The third-order valence-corrected chi connectivity index (χ3v) is 2.11. The topological polar surface area (TPSA) is 69.6 Å². The number of carbonyl (C=O) groups excluding carboxylic acids is 1. The molecular formula is C12H14FNO3. The van der Waals surface area contributed by atoms with Gasteiger partial charge in [0.25, 0.3) is 0 Å². The van der Waals surface area contributed by atoms with Crippen LogP contribution in [0.5, 0.6) is 0 Å². The van der Waals surface area contributed by atoms with Gasteiger partial charge in [-0.3, -0.25) is 4.79 Å². The van der Waals surface area contributed by atoms with Crippen LogP contribution in [0.25, 0.3) is 6.08 Å². The van der Waals surface area contributed by atoms with Crippen molar-refractivity contribution in [3.63, 3.8) is 0 Å². The van der Waals surface area contributed by atoms with E-state index in [1.165, 1.54) is 18.2 Å². The van der Waals surface area contributed by atoms with Crippen LogP contribution in [0.1, 0.15) is 5.56 Å². The Bertz CT molecular complexity index is 402. The fourth-order valence-electron chi connectivity index (χ4n) is 1.17. The average molecular weight is 239 g/mol. The molecule has 1 aromatic rings. The molecule has 0 aliphatic rings. The molecule has 0 spiro atoms. The average Bonchev–Trinajstić information content (AvgIpc) is 2.35. The summed E-state index contributed by atoms with van der Waals surface area (Å²) in [5.74, 6) is -0.918. The van der Waals surface area contributed by atoms with Gasteiger partial charge in [-0.2, -0.15) is 0 Å². The van der Waals surface area contributed by atoms with Crippen LogP contribution in [0.3, 0.4) is 0 Å². The van der Waals surface area contributed by atoms with Crippen LogP contribution >= 0.6 is 0 Å².